The Labute approximate surface area is 98.9 Å². The summed E-state index contributed by atoms with van der Waals surface area (Å²) in [5.74, 6) is -0.493. The van der Waals surface area contributed by atoms with Gasteiger partial charge in [0.15, 0.2) is 0 Å². The lowest BCUT2D eigenvalue weighted by Crippen LogP contribution is -2.50. The summed E-state index contributed by atoms with van der Waals surface area (Å²) in [5, 5.41) is 11.6. The predicted octanol–water partition coefficient (Wildman–Crippen LogP) is 1.12. The van der Waals surface area contributed by atoms with Gasteiger partial charge in [0.2, 0.25) is 0 Å². The van der Waals surface area contributed by atoms with E-state index in [4.69, 9.17) is 5.11 Å². The first-order valence-electron chi connectivity index (χ1n) is 5.13. The van der Waals surface area contributed by atoms with Crippen LogP contribution in [0.2, 0.25) is 0 Å². The molecule has 2 unspecified atom stereocenters. The molecule has 0 aromatic rings. The molecule has 90 valence electrons. The van der Waals surface area contributed by atoms with Crippen molar-refractivity contribution in [1.29, 1.82) is 0 Å². The van der Waals surface area contributed by atoms with Crippen molar-refractivity contribution < 1.29 is 14.7 Å². The lowest BCUT2D eigenvalue weighted by Gasteiger charge is -2.26. The highest BCUT2D eigenvalue weighted by atomic mass is 32.2. The van der Waals surface area contributed by atoms with Gasteiger partial charge in [-0.25, -0.2) is 9.59 Å². The first-order valence-corrected chi connectivity index (χ1v) is 6.18. The molecule has 1 fully saturated rings. The molecule has 0 aromatic carbocycles. The molecule has 1 aliphatic heterocycles. The number of hydrogen-bond acceptors (Lipinski definition) is 3. The third kappa shape index (κ3) is 2.69. The zero-order valence-corrected chi connectivity index (χ0v) is 10.00. The highest BCUT2D eigenvalue weighted by molar-refractivity contribution is 8.00. The van der Waals surface area contributed by atoms with Crippen molar-refractivity contribution in [3.8, 4) is 0 Å². The standard InChI is InChI=1S/C10H16N2O3S/c1-3-5-11-10(15)12-7(9(13)14)6-16-8(12)4-2/h3,7-8H,1,4-6H2,2H3,(H,11,15)(H,13,14). The molecule has 1 heterocycles. The lowest BCUT2D eigenvalue weighted by atomic mass is 10.3. The van der Waals surface area contributed by atoms with Gasteiger partial charge >= 0.3 is 12.0 Å². The summed E-state index contributed by atoms with van der Waals surface area (Å²) in [4.78, 5) is 24.2. The van der Waals surface area contributed by atoms with E-state index in [1.54, 1.807) is 6.08 Å². The summed E-state index contributed by atoms with van der Waals surface area (Å²) in [7, 11) is 0. The van der Waals surface area contributed by atoms with Gasteiger partial charge in [-0.05, 0) is 6.42 Å². The van der Waals surface area contributed by atoms with Crippen LogP contribution in [0, 0.1) is 0 Å². The minimum Gasteiger partial charge on any atom is -0.480 e. The van der Waals surface area contributed by atoms with Crippen LogP contribution < -0.4 is 5.32 Å². The Morgan fingerprint density at radius 1 is 1.69 bits per heavy atom. The Morgan fingerprint density at radius 3 is 2.88 bits per heavy atom. The molecule has 16 heavy (non-hydrogen) atoms. The van der Waals surface area contributed by atoms with E-state index in [1.165, 1.54) is 16.7 Å². The zero-order chi connectivity index (χ0) is 12.1. The average Bonchev–Trinajstić information content (AvgIpc) is 2.69. The number of amides is 2. The summed E-state index contributed by atoms with van der Waals surface area (Å²) in [6.07, 6.45) is 2.31. The van der Waals surface area contributed by atoms with Gasteiger partial charge in [0, 0.05) is 12.3 Å². The number of carbonyl (C=O) groups is 2. The van der Waals surface area contributed by atoms with E-state index in [0.29, 0.717) is 12.3 Å². The first kappa shape index (κ1) is 12.9. The Bertz CT molecular complexity index is 296. The van der Waals surface area contributed by atoms with Crippen molar-refractivity contribution in [1.82, 2.24) is 10.2 Å². The summed E-state index contributed by atoms with van der Waals surface area (Å²) in [6, 6.07) is -1.05. The molecule has 0 aliphatic carbocycles. The van der Waals surface area contributed by atoms with E-state index < -0.39 is 12.0 Å². The third-order valence-electron chi connectivity index (χ3n) is 2.36. The number of carboxylic acids is 1. The van der Waals surface area contributed by atoms with Crippen LogP contribution in [0.5, 0.6) is 0 Å². The molecule has 0 bridgehead atoms. The maximum Gasteiger partial charge on any atom is 0.327 e. The van der Waals surface area contributed by atoms with Crippen LogP contribution in [0.4, 0.5) is 4.79 Å². The van der Waals surface area contributed by atoms with Crippen LogP contribution in [0.3, 0.4) is 0 Å². The molecule has 5 nitrogen and oxygen atoms in total. The van der Waals surface area contributed by atoms with Crippen molar-refractivity contribution in [2.75, 3.05) is 12.3 Å². The van der Waals surface area contributed by atoms with E-state index in [0.717, 1.165) is 6.42 Å². The van der Waals surface area contributed by atoms with Gasteiger partial charge in [-0.2, -0.15) is 0 Å². The van der Waals surface area contributed by atoms with Crippen LogP contribution in [0.1, 0.15) is 13.3 Å². The maximum absolute atomic E-state index is 11.8. The molecular formula is C10H16N2O3S. The van der Waals surface area contributed by atoms with Crippen molar-refractivity contribution in [2.45, 2.75) is 24.8 Å². The van der Waals surface area contributed by atoms with E-state index in [-0.39, 0.29) is 11.4 Å². The molecular weight excluding hydrogens is 228 g/mol. The number of thioether (sulfide) groups is 1. The third-order valence-corrected chi connectivity index (χ3v) is 3.81. The van der Waals surface area contributed by atoms with Gasteiger partial charge in [0.25, 0.3) is 0 Å². The topological polar surface area (TPSA) is 69.6 Å². The lowest BCUT2D eigenvalue weighted by molar-refractivity contribution is -0.141. The van der Waals surface area contributed by atoms with Crippen molar-refractivity contribution >= 4 is 23.8 Å². The quantitative estimate of drug-likeness (QED) is 0.727. The second-order valence-corrected chi connectivity index (χ2v) is 4.64. The van der Waals surface area contributed by atoms with Gasteiger partial charge in [-0.3, -0.25) is 4.90 Å². The molecule has 1 saturated heterocycles. The highest BCUT2D eigenvalue weighted by Gasteiger charge is 2.40. The SMILES string of the molecule is C=CCNC(=O)N1C(CC)SCC1C(=O)O. The highest BCUT2D eigenvalue weighted by Crippen LogP contribution is 2.31. The fourth-order valence-electron chi connectivity index (χ4n) is 1.59. The van der Waals surface area contributed by atoms with E-state index >= 15 is 0 Å². The Kier molecular flexibility index (Phi) is 4.67. The molecule has 2 amide bonds. The number of nitrogens with one attached hydrogen (secondary N) is 1. The number of aliphatic carboxylic acids is 1. The fraction of sp³-hybridized carbons (Fsp3) is 0.600. The molecule has 0 spiro atoms. The van der Waals surface area contributed by atoms with E-state index in [1.807, 2.05) is 6.92 Å². The van der Waals surface area contributed by atoms with Gasteiger partial charge in [0.1, 0.15) is 6.04 Å². The Morgan fingerprint density at radius 2 is 2.38 bits per heavy atom. The Hall–Kier alpha value is -1.17. The second-order valence-electron chi connectivity index (χ2n) is 3.43. The zero-order valence-electron chi connectivity index (χ0n) is 9.18. The minimum absolute atomic E-state index is 0.0501. The average molecular weight is 244 g/mol. The summed E-state index contributed by atoms with van der Waals surface area (Å²) >= 11 is 1.51. The molecule has 2 atom stereocenters. The number of carbonyl (C=O) groups excluding carboxylic acids is 1. The normalized spacial score (nSPS) is 24.2. The number of hydrogen-bond donors (Lipinski definition) is 2. The molecule has 1 aliphatic rings. The van der Waals surface area contributed by atoms with Crippen LogP contribution >= 0.6 is 11.8 Å². The van der Waals surface area contributed by atoms with Crippen molar-refractivity contribution in [3.63, 3.8) is 0 Å². The Balaban J connectivity index is 2.72. The van der Waals surface area contributed by atoms with Crippen molar-refractivity contribution in [2.24, 2.45) is 0 Å². The number of urea groups is 1. The number of rotatable bonds is 4. The van der Waals surface area contributed by atoms with Gasteiger partial charge in [-0.1, -0.05) is 13.0 Å². The first-order chi connectivity index (χ1) is 7.61. The smallest absolute Gasteiger partial charge is 0.327 e. The number of nitrogens with zero attached hydrogens (tertiary/aromatic N) is 1. The minimum atomic E-state index is -0.947. The van der Waals surface area contributed by atoms with Gasteiger partial charge < -0.3 is 10.4 Å². The van der Waals surface area contributed by atoms with Crippen LogP contribution in [0.15, 0.2) is 12.7 Å². The van der Waals surface area contributed by atoms with E-state index in [2.05, 4.69) is 11.9 Å². The molecule has 0 saturated carbocycles. The maximum atomic E-state index is 11.8. The largest absolute Gasteiger partial charge is 0.480 e. The van der Waals surface area contributed by atoms with Crippen molar-refractivity contribution in [3.05, 3.63) is 12.7 Å². The van der Waals surface area contributed by atoms with Crippen LogP contribution in [0.25, 0.3) is 0 Å². The van der Waals surface area contributed by atoms with Crippen LogP contribution in [-0.2, 0) is 4.79 Å². The second kappa shape index (κ2) is 5.79. The summed E-state index contributed by atoms with van der Waals surface area (Å²) < 4.78 is 0. The molecule has 2 N–H and O–H groups in total. The van der Waals surface area contributed by atoms with E-state index in [9.17, 15) is 9.59 Å². The monoisotopic (exact) mass is 244 g/mol. The van der Waals surface area contributed by atoms with Gasteiger partial charge in [0.05, 0.1) is 5.37 Å². The fourth-order valence-corrected chi connectivity index (χ4v) is 2.94. The molecule has 1 rings (SSSR count). The molecule has 6 heteroatoms. The summed E-state index contributed by atoms with van der Waals surface area (Å²) in [5.41, 5.74) is 0. The molecule has 0 radical (unpaired) electrons. The number of carboxylic acid groups (broad SMARTS) is 1. The van der Waals surface area contributed by atoms with Gasteiger partial charge in [-0.15, -0.1) is 18.3 Å². The predicted molar refractivity (Wildman–Crippen MR) is 63.4 cm³/mol. The van der Waals surface area contributed by atoms with Crippen LogP contribution in [-0.4, -0.2) is 45.7 Å². The molecule has 0 aromatic heterocycles. The summed E-state index contributed by atoms with van der Waals surface area (Å²) in [6.45, 7) is 5.79.